The zero-order chi connectivity index (χ0) is 30.3. The second-order valence-electron chi connectivity index (χ2n) is 12.5. The Labute approximate surface area is 240 Å². The van der Waals surface area contributed by atoms with Gasteiger partial charge in [0.1, 0.15) is 22.9 Å². The minimum absolute atomic E-state index is 0.00488. The van der Waals surface area contributed by atoms with Gasteiger partial charge in [-0.15, -0.1) is 0 Å². The van der Waals surface area contributed by atoms with Crippen LogP contribution in [0.1, 0.15) is 50.0 Å². The summed E-state index contributed by atoms with van der Waals surface area (Å²) in [6.07, 6.45) is -0.426. The number of thioether (sulfide) groups is 1. The zero-order valence-corrected chi connectivity index (χ0v) is 26.5. The lowest BCUT2D eigenvalue weighted by Gasteiger charge is -2.37. The average Bonchev–Trinajstić information content (AvgIpc) is 3.59. The predicted octanol–water partition coefficient (Wildman–Crippen LogP) is 4.99. The number of hydrogen-bond acceptors (Lipinski definition) is 10. The van der Waals surface area contributed by atoms with E-state index in [4.69, 9.17) is 29.7 Å². The number of nitrogens with zero attached hydrogens (tertiary/aromatic N) is 2. The van der Waals surface area contributed by atoms with Crippen molar-refractivity contribution in [3.05, 3.63) is 29.1 Å². The minimum Gasteiger partial charge on any atom is -0.468 e. The highest BCUT2D eigenvalue weighted by Crippen LogP contribution is 2.67. The number of hydrogen-bond donors (Lipinski definition) is 1. The lowest BCUT2D eigenvalue weighted by atomic mass is 9.84. The Balaban J connectivity index is 2.14. The van der Waals surface area contributed by atoms with Gasteiger partial charge in [0, 0.05) is 31.8 Å². The number of nitrogens with two attached hydrogens (primary N) is 1. The topological polar surface area (TPSA) is 130 Å². The molecular weight excluding hydrogens is 557 g/mol. The van der Waals surface area contributed by atoms with Crippen LogP contribution in [0, 0.1) is 11.7 Å². The molecule has 222 valence electrons. The number of carbonyl (C=O) groups excluding carboxylic acids is 3. The first kappa shape index (κ1) is 31.9. The number of rotatable bonds is 8. The quantitative estimate of drug-likeness (QED) is 0.110. The number of methoxy groups -OCH3 is 2. The predicted molar refractivity (Wildman–Crippen MR) is 154 cm³/mol. The number of anilines is 1. The van der Waals surface area contributed by atoms with Crippen molar-refractivity contribution < 1.29 is 37.7 Å². The molecule has 0 aromatic heterocycles. The Morgan fingerprint density at radius 2 is 1.85 bits per heavy atom. The smallest absolute Gasteiger partial charge is 0.418 e. The van der Waals surface area contributed by atoms with E-state index in [1.165, 1.54) is 24.1 Å². The summed E-state index contributed by atoms with van der Waals surface area (Å²) >= 11 is 1.07. The van der Waals surface area contributed by atoms with Crippen LogP contribution in [-0.4, -0.2) is 74.1 Å². The molecule has 1 heterocycles. The van der Waals surface area contributed by atoms with E-state index in [9.17, 15) is 14.4 Å². The molecular formula is C27H40FN3O7SSi. The maximum absolute atomic E-state index is 15.9. The van der Waals surface area contributed by atoms with Crippen LogP contribution in [0.3, 0.4) is 0 Å². The third kappa shape index (κ3) is 6.63. The van der Waals surface area contributed by atoms with Crippen molar-refractivity contribution in [3.63, 3.8) is 0 Å². The molecule has 1 amide bonds. The minimum atomic E-state index is -1.41. The Kier molecular flexibility index (Phi) is 9.02. The van der Waals surface area contributed by atoms with Crippen LogP contribution in [0.25, 0.3) is 0 Å². The summed E-state index contributed by atoms with van der Waals surface area (Å²) in [5.74, 6) is -2.79. The summed E-state index contributed by atoms with van der Waals surface area (Å²) < 4.78 is 36.2. The van der Waals surface area contributed by atoms with E-state index in [0.29, 0.717) is 13.0 Å². The number of nitrogen functional groups attached to an aromatic ring is 1. The zero-order valence-electron chi connectivity index (χ0n) is 24.7. The molecule has 0 radical (unpaired) electrons. The number of aliphatic imine (C=N–C) groups is 1. The summed E-state index contributed by atoms with van der Waals surface area (Å²) in [5.41, 5.74) is 3.63. The van der Waals surface area contributed by atoms with Crippen molar-refractivity contribution in [2.45, 2.75) is 75.7 Å². The van der Waals surface area contributed by atoms with Crippen LogP contribution < -0.4 is 5.73 Å². The van der Waals surface area contributed by atoms with Crippen molar-refractivity contribution >= 4 is 48.7 Å². The van der Waals surface area contributed by atoms with Gasteiger partial charge in [-0.05, 0) is 52.3 Å². The van der Waals surface area contributed by atoms with Crippen LogP contribution in [0.15, 0.2) is 17.1 Å². The highest BCUT2D eigenvalue weighted by atomic mass is 32.2. The third-order valence-corrected chi connectivity index (χ3v) is 10.0. The molecule has 2 N–H and O–H groups in total. The molecule has 1 aliphatic carbocycles. The van der Waals surface area contributed by atoms with Crippen LogP contribution in [-0.2, 0) is 29.3 Å². The van der Waals surface area contributed by atoms with E-state index < -0.39 is 53.7 Å². The molecule has 3 atom stereocenters. The van der Waals surface area contributed by atoms with Gasteiger partial charge < -0.3 is 24.7 Å². The third-order valence-electron chi connectivity index (χ3n) is 6.83. The van der Waals surface area contributed by atoms with Gasteiger partial charge in [-0.3, -0.25) is 9.79 Å². The fourth-order valence-corrected chi connectivity index (χ4v) is 6.93. The van der Waals surface area contributed by atoms with Crippen LogP contribution in [0.2, 0.25) is 25.7 Å². The van der Waals surface area contributed by atoms with Gasteiger partial charge in [0.25, 0.3) is 0 Å². The number of amidine groups is 1. The molecule has 1 aromatic rings. The second-order valence-corrected chi connectivity index (χ2v) is 19.4. The fourth-order valence-electron chi connectivity index (χ4n) is 4.59. The van der Waals surface area contributed by atoms with Gasteiger partial charge in [0.05, 0.1) is 25.3 Å². The molecule has 1 aromatic carbocycles. The first-order valence-electron chi connectivity index (χ1n) is 13.0. The second kappa shape index (κ2) is 11.3. The maximum atomic E-state index is 15.9. The molecule has 1 fully saturated rings. The van der Waals surface area contributed by atoms with Crippen molar-refractivity contribution in [1.82, 2.24) is 4.90 Å². The number of esters is 2. The number of fused-ring (bicyclic) bond motifs is 1. The summed E-state index contributed by atoms with van der Waals surface area (Å²) in [6.45, 7) is 13.7. The highest BCUT2D eigenvalue weighted by Gasteiger charge is 2.72. The molecule has 0 unspecified atom stereocenters. The standard InChI is InChI=1S/C27H40FN3O7SSi/c1-25(2,3)38-24(34)31(15-37-10-11-40(7,8)9)23-30-26(4,19-14-27(19,39-23)22(33)36-6)18-13-16(29)12-17(20(18)28)21(32)35-5/h12-13,19H,10-11,14-15,29H2,1-9H3/t19-,26+,27-/m0/s1. The Morgan fingerprint density at radius 1 is 1.20 bits per heavy atom. The van der Waals surface area contributed by atoms with Crippen LogP contribution >= 0.6 is 11.8 Å². The number of benzene rings is 1. The van der Waals surface area contributed by atoms with E-state index in [1.54, 1.807) is 27.7 Å². The summed E-state index contributed by atoms with van der Waals surface area (Å²) in [6, 6.07) is 3.45. The first-order chi connectivity index (χ1) is 18.4. The van der Waals surface area contributed by atoms with E-state index in [0.717, 1.165) is 24.9 Å². The summed E-state index contributed by atoms with van der Waals surface area (Å²) in [7, 11) is 1.00. The van der Waals surface area contributed by atoms with E-state index in [2.05, 4.69) is 19.6 Å². The number of ether oxygens (including phenoxy) is 4. The lowest BCUT2D eigenvalue weighted by Crippen LogP contribution is -2.47. The summed E-state index contributed by atoms with van der Waals surface area (Å²) in [5, 5.41) is 0.116. The average molecular weight is 598 g/mol. The van der Waals surface area contributed by atoms with E-state index in [-0.39, 0.29) is 28.7 Å². The van der Waals surface area contributed by atoms with Gasteiger partial charge in [-0.2, -0.15) is 0 Å². The molecule has 10 nitrogen and oxygen atoms in total. The van der Waals surface area contributed by atoms with Gasteiger partial charge in [-0.1, -0.05) is 31.4 Å². The summed E-state index contributed by atoms with van der Waals surface area (Å²) in [4.78, 5) is 45.0. The lowest BCUT2D eigenvalue weighted by molar-refractivity contribution is -0.141. The SMILES string of the molecule is COC(=O)c1cc(N)cc([C@@]2(C)N=C(N(COCC[Si](C)(C)C)C(=O)OC(C)(C)C)S[C@@]3(C(=O)OC)C[C@H]32)c1F. The van der Waals surface area contributed by atoms with Crippen molar-refractivity contribution in [3.8, 4) is 0 Å². The molecule has 0 saturated heterocycles. The Hall–Kier alpha value is -2.64. The van der Waals surface area contributed by atoms with Gasteiger partial charge >= 0.3 is 18.0 Å². The molecule has 1 aliphatic heterocycles. The van der Waals surface area contributed by atoms with Gasteiger partial charge in [0.2, 0.25) is 0 Å². The first-order valence-corrected chi connectivity index (χ1v) is 17.5. The Bertz CT molecular complexity index is 1220. The Morgan fingerprint density at radius 3 is 2.40 bits per heavy atom. The van der Waals surface area contributed by atoms with Crippen LogP contribution in [0.5, 0.6) is 0 Å². The molecule has 3 rings (SSSR count). The fraction of sp³-hybridized carbons (Fsp3) is 0.630. The number of amides is 1. The number of halogens is 1. The number of carbonyl (C=O) groups is 3. The molecule has 13 heteroatoms. The van der Waals surface area contributed by atoms with Crippen LogP contribution in [0.4, 0.5) is 14.9 Å². The molecule has 40 heavy (non-hydrogen) atoms. The normalized spacial score (nSPS) is 23.9. The van der Waals surface area contributed by atoms with Crippen molar-refractivity contribution in [1.29, 1.82) is 0 Å². The van der Waals surface area contributed by atoms with Crippen molar-refractivity contribution in [2.24, 2.45) is 10.9 Å². The molecule has 0 spiro atoms. The monoisotopic (exact) mass is 597 g/mol. The van der Waals surface area contributed by atoms with E-state index in [1.807, 2.05) is 0 Å². The molecule has 2 aliphatic rings. The maximum Gasteiger partial charge on any atom is 0.418 e. The molecule has 1 saturated carbocycles. The highest BCUT2D eigenvalue weighted by molar-refractivity contribution is 8.15. The van der Waals surface area contributed by atoms with Gasteiger partial charge in [0.15, 0.2) is 5.17 Å². The largest absolute Gasteiger partial charge is 0.468 e. The van der Waals surface area contributed by atoms with Crippen molar-refractivity contribution in [2.75, 3.05) is 33.3 Å². The molecule has 0 bridgehead atoms. The van der Waals surface area contributed by atoms with E-state index >= 15 is 4.39 Å². The van der Waals surface area contributed by atoms with Gasteiger partial charge in [-0.25, -0.2) is 18.9 Å².